The van der Waals surface area contributed by atoms with Crippen molar-refractivity contribution < 1.29 is 8.42 Å². The smallest absolute Gasteiger partial charge is 0.207 e. The van der Waals surface area contributed by atoms with Crippen molar-refractivity contribution in [1.82, 2.24) is 4.31 Å². The first-order valence-electron chi connectivity index (χ1n) is 8.09. The van der Waals surface area contributed by atoms with Crippen LogP contribution in [0, 0.1) is 6.92 Å². The first kappa shape index (κ1) is 19.0. The van der Waals surface area contributed by atoms with Gasteiger partial charge in [-0.1, -0.05) is 53.2 Å². The van der Waals surface area contributed by atoms with E-state index >= 15 is 0 Å². The average Bonchev–Trinajstić information content (AvgIpc) is 3.08. The van der Waals surface area contributed by atoms with Gasteiger partial charge in [-0.15, -0.1) is 0 Å². The standard InChI is InChI=1S/C18H22N4O2S/c1-15-9-11-18(12-10-15)25(23,24)22(14-16(2)20-21-19)13-5-8-17-6-3-4-7-17/h5-6,8-12H,2-4,7,13-14H2,1H3/b8-5+. The summed E-state index contributed by atoms with van der Waals surface area (Å²) in [6, 6.07) is 6.67. The maximum Gasteiger partial charge on any atom is 0.243 e. The largest absolute Gasteiger partial charge is 0.243 e. The summed E-state index contributed by atoms with van der Waals surface area (Å²) in [5, 5.41) is 3.42. The fourth-order valence-electron chi connectivity index (χ4n) is 2.57. The highest BCUT2D eigenvalue weighted by Gasteiger charge is 2.23. The number of aryl methyl sites for hydroxylation is 1. The highest BCUT2D eigenvalue weighted by molar-refractivity contribution is 7.89. The molecule has 0 N–H and O–H groups in total. The minimum atomic E-state index is -3.71. The van der Waals surface area contributed by atoms with Gasteiger partial charge in [0.25, 0.3) is 0 Å². The Hall–Kier alpha value is -2.34. The molecule has 0 saturated heterocycles. The van der Waals surface area contributed by atoms with Gasteiger partial charge < -0.3 is 0 Å². The van der Waals surface area contributed by atoms with Crippen LogP contribution in [0.1, 0.15) is 24.8 Å². The van der Waals surface area contributed by atoms with Gasteiger partial charge in [-0.3, -0.25) is 0 Å². The first-order valence-corrected chi connectivity index (χ1v) is 9.53. The lowest BCUT2D eigenvalue weighted by atomic mass is 10.2. The normalized spacial score (nSPS) is 14.6. The molecule has 0 saturated carbocycles. The Bertz CT molecular complexity index is 832. The topological polar surface area (TPSA) is 86.1 Å². The Morgan fingerprint density at radius 1 is 1.40 bits per heavy atom. The lowest BCUT2D eigenvalue weighted by Crippen LogP contribution is -2.32. The minimum absolute atomic E-state index is 0.0519. The number of hydrogen-bond donors (Lipinski definition) is 0. The number of nitrogens with zero attached hydrogens (tertiary/aromatic N) is 4. The second kappa shape index (κ2) is 8.67. The van der Waals surface area contributed by atoms with E-state index in [-0.39, 0.29) is 23.7 Å². The van der Waals surface area contributed by atoms with E-state index in [0.717, 1.165) is 24.8 Å². The van der Waals surface area contributed by atoms with E-state index in [1.807, 2.05) is 19.1 Å². The molecule has 0 amide bonds. The van der Waals surface area contributed by atoms with E-state index in [1.54, 1.807) is 24.3 Å². The van der Waals surface area contributed by atoms with E-state index in [2.05, 4.69) is 22.7 Å². The van der Waals surface area contributed by atoms with Gasteiger partial charge in [0, 0.05) is 23.7 Å². The molecule has 0 aromatic heterocycles. The summed E-state index contributed by atoms with van der Waals surface area (Å²) in [5.74, 6) is 0. The van der Waals surface area contributed by atoms with Crippen molar-refractivity contribution in [3.8, 4) is 0 Å². The Kier molecular flexibility index (Phi) is 6.58. The van der Waals surface area contributed by atoms with Crippen LogP contribution in [-0.4, -0.2) is 25.8 Å². The summed E-state index contributed by atoms with van der Waals surface area (Å²) in [7, 11) is -3.71. The second-order valence-corrected chi connectivity index (χ2v) is 7.88. The highest BCUT2D eigenvalue weighted by atomic mass is 32.2. The van der Waals surface area contributed by atoms with Crippen molar-refractivity contribution in [3.63, 3.8) is 0 Å². The van der Waals surface area contributed by atoms with Crippen molar-refractivity contribution in [3.05, 3.63) is 76.3 Å². The Labute approximate surface area is 148 Å². The summed E-state index contributed by atoms with van der Waals surface area (Å²) in [6.07, 6.45) is 9.17. The van der Waals surface area contributed by atoms with Gasteiger partial charge in [-0.2, -0.15) is 4.31 Å². The maximum atomic E-state index is 12.9. The molecule has 0 radical (unpaired) electrons. The van der Waals surface area contributed by atoms with Gasteiger partial charge in [-0.05, 0) is 43.9 Å². The average molecular weight is 358 g/mol. The lowest BCUT2D eigenvalue weighted by molar-refractivity contribution is 0.465. The van der Waals surface area contributed by atoms with E-state index in [0.29, 0.717) is 0 Å². The molecule has 0 fully saturated rings. The highest BCUT2D eigenvalue weighted by Crippen LogP contribution is 2.20. The molecular formula is C18H22N4O2S. The van der Waals surface area contributed by atoms with Gasteiger partial charge >= 0.3 is 0 Å². The van der Waals surface area contributed by atoms with Gasteiger partial charge in [0.05, 0.1) is 4.90 Å². The molecule has 132 valence electrons. The number of benzene rings is 1. The van der Waals surface area contributed by atoms with Crippen LogP contribution in [0.25, 0.3) is 10.4 Å². The van der Waals surface area contributed by atoms with Gasteiger partial charge in [0.15, 0.2) is 0 Å². The number of rotatable bonds is 8. The molecule has 0 aliphatic heterocycles. The number of allylic oxidation sites excluding steroid dienone is 3. The van der Waals surface area contributed by atoms with Gasteiger partial charge in [0.1, 0.15) is 0 Å². The van der Waals surface area contributed by atoms with Crippen LogP contribution in [0.2, 0.25) is 0 Å². The van der Waals surface area contributed by atoms with E-state index in [4.69, 9.17) is 5.53 Å². The van der Waals surface area contributed by atoms with Crippen LogP contribution in [-0.2, 0) is 10.0 Å². The fourth-order valence-corrected chi connectivity index (χ4v) is 3.95. The minimum Gasteiger partial charge on any atom is -0.207 e. The molecule has 1 aliphatic carbocycles. The fraction of sp³-hybridized carbons (Fsp3) is 0.333. The van der Waals surface area contributed by atoms with Crippen LogP contribution in [0.4, 0.5) is 0 Å². The summed E-state index contributed by atoms with van der Waals surface area (Å²) in [6.45, 7) is 5.66. The lowest BCUT2D eigenvalue weighted by Gasteiger charge is -2.21. The van der Waals surface area contributed by atoms with Gasteiger partial charge in [-0.25, -0.2) is 8.42 Å². The Balaban J connectivity index is 2.23. The van der Waals surface area contributed by atoms with Crippen LogP contribution >= 0.6 is 0 Å². The quantitative estimate of drug-likeness (QED) is 0.390. The molecule has 0 unspecified atom stereocenters. The Morgan fingerprint density at radius 2 is 2.12 bits per heavy atom. The molecule has 0 bridgehead atoms. The molecular weight excluding hydrogens is 336 g/mol. The zero-order valence-corrected chi connectivity index (χ0v) is 15.1. The van der Waals surface area contributed by atoms with Crippen LogP contribution in [0.5, 0.6) is 0 Å². The third kappa shape index (κ3) is 5.32. The molecule has 25 heavy (non-hydrogen) atoms. The number of azide groups is 1. The third-order valence-electron chi connectivity index (χ3n) is 3.92. The summed E-state index contributed by atoms with van der Waals surface area (Å²) in [5.41, 5.74) is 10.9. The number of hydrogen-bond acceptors (Lipinski definition) is 3. The summed E-state index contributed by atoms with van der Waals surface area (Å²) < 4.78 is 27.1. The molecule has 2 rings (SSSR count). The third-order valence-corrected chi connectivity index (χ3v) is 5.75. The Morgan fingerprint density at radius 3 is 2.72 bits per heavy atom. The zero-order chi connectivity index (χ0) is 18.3. The molecule has 1 aliphatic rings. The first-order chi connectivity index (χ1) is 11.9. The molecule has 0 atom stereocenters. The monoisotopic (exact) mass is 358 g/mol. The second-order valence-electron chi connectivity index (χ2n) is 5.94. The van der Waals surface area contributed by atoms with E-state index in [9.17, 15) is 8.42 Å². The van der Waals surface area contributed by atoms with Crippen molar-refractivity contribution in [2.45, 2.75) is 31.1 Å². The van der Waals surface area contributed by atoms with Crippen LogP contribution in [0.15, 0.2) is 70.4 Å². The maximum absolute atomic E-state index is 12.9. The van der Waals surface area contributed by atoms with E-state index < -0.39 is 10.0 Å². The summed E-state index contributed by atoms with van der Waals surface area (Å²) >= 11 is 0. The van der Waals surface area contributed by atoms with Crippen molar-refractivity contribution >= 4 is 10.0 Å². The van der Waals surface area contributed by atoms with Crippen molar-refractivity contribution in [2.24, 2.45) is 5.11 Å². The van der Waals surface area contributed by atoms with Crippen LogP contribution < -0.4 is 0 Å². The molecule has 1 aromatic rings. The van der Waals surface area contributed by atoms with Gasteiger partial charge in [0.2, 0.25) is 10.0 Å². The predicted molar refractivity (Wildman–Crippen MR) is 99.3 cm³/mol. The predicted octanol–water partition coefficient (Wildman–Crippen LogP) is 4.48. The van der Waals surface area contributed by atoms with Crippen LogP contribution in [0.3, 0.4) is 0 Å². The molecule has 0 heterocycles. The summed E-state index contributed by atoms with van der Waals surface area (Å²) in [4.78, 5) is 2.88. The van der Waals surface area contributed by atoms with E-state index in [1.165, 1.54) is 9.88 Å². The molecule has 1 aromatic carbocycles. The molecule has 6 nitrogen and oxygen atoms in total. The molecule has 0 spiro atoms. The SMILES string of the molecule is C=C(CN(C/C=C/C1=CCCC1)S(=O)(=O)c1ccc(C)cc1)N=[N+]=[N-]. The molecule has 7 heteroatoms. The zero-order valence-electron chi connectivity index (χ0n) is 14.3. The number of sulfonamides is 1. The van der Waals surface area contributed by atoms with Crippen molar-refractivity contribution in [2.75, 3.05) is 13.1 Å². The van der Waals surface area contributed by atoms with Crippen molar-refractivity contribution in [1.29, 1.82) is 0 Å².